The first-order valence-electron chi connectivity index (χ1n) is 7.96. The van der Waals surface area contributed by atoms with Crippen molar-refractivity contribution in [1.29, 1.82) is 5.26 Å². The van der Waals surface area contributed by atoms with Crippen molar-refractivity contribution in [1.82, 2.24) is 4.98 Å². The van der Waals surface area contributed by atoms with Gasteiger partial charge in [-0.3, -0.25) is 0 Å². The fourth-order valence-electron chi connectivity index (χ4n) is 2.96. The molecule has 0 aliphatic carbocycles. The third-order valence-corrected chi connectivity index (χ3v) is 4.79. The predicted molar refractivity (Wildman–Crippen MR) is 104 cm³/mol. The number of hydrogen-bond acceptors (Lipinski definition) is 3. The highest BCUT2D eigenvalue weighted by Crippen LogP contribution is 2.40. The fraction of sp³-hybridized carbons (Fsp3) is 0.100. The molecule has 3 nitrogen and oxygen atoms in total. The SMILES string of the molecule is Cc1c(-c2ccc(Cl)cc2Cl)nc(N)c(C#N)c1-c1cccc(C(F)(F)F)c1. The normalized spacial score (nSPS) is 11.3. The van der Waals surface area contributed by atoms with Crippen LogP contribution < -0.4 is 5.73 Å². The van der Waals surface area contributed by atoms with Gasteiger partial charge in [-0.25, -0.2) is 4.98 Å². The molecule has 0 unspecified atom stereocenters. The highest BCUT2D eigenvalue weighted by molar-refractivity contribution is 6.36. The maximum atomic E-state index is 13.1. The number of aromatic nitrogens is 1. The van der Waals surface area contributed by atoms with Crippen LogP contribution in [0.15, 0.2) is 42.5 Å². The zero-order valence-electron chi connectivity index (χ0n) is 14.4. The molecule has 1 aromatic heterocycles. The summed E-state index contributed by atoms with van der Waals surface area (Å²) in [7, 11) is 0. The second-order valence-electron chi connectivity index (χ2n) is 6.04. The van der Waals surface area contributed by atoms with Crippen molar-refractivity contribution in [3.8, 4) is 28.5 Å². The van der Waals surface area contributed by atoms with Gasteiger partial charge >= 0.3 is 6.18 Å². The van der Waals surface area contributed by atoms with E-state index in [9.17, 15) is 18.4 Å². The largest absolute Gasteiger partial charge is 0.416 e. The molecule has 28 heavy (non-hydrogen) atoms. The number of hydrogen-bond donors (Lipinski definition) is 1. The topological polar surface area (TPSA) is 62.7 Å². The monoisotopic (exact) mass is 421 g/mol. The quantitative estimate of drug-likeness (QED) is 0.513. The van der Waals surface area contributed by atoms with E-state index >= 15 is 0 Å². The number of anilines is 1. The molecule has 0 radical (unpaired) electrons. The van der Waals surface area contributed by atoms with Crippen molar-refractivity contribution >= 4 is 29.0 Å². The van der Waals surface area contributed by atoms with Gasteiger partial charge in [0.25, 0.3) is 0 Å². The highest BCUT2D eigenvalue weighted by atomic mass is 35.5. The molecule has 2 N–H and O–H groups in total. The van der Waals surface area contributed by atoms with Crippen LogP contribution in [0.3, 0.4) is 0 Å². The Labute approximate surface area is 169 Å². The zero-order valence-corrected chi connectivity index (χ0v) is 15.9. The maximum Gasteiger partial charge on any atom is 0.416 e. The molecule has 3 aromatic rings. The molecule has 2 aromatic carbocycles. The highest BCUT2D eigenvalue weighted by Gasteiger charge is 2.31. The average Bonchev–Trinajstić information content (AvgIpc) is 2.62. The number of pyridine rings is 1. The average molecular weight is 422 g/mol. The molecule has 0 atom stereocenters. The van der Waals surface area contributed by atoms with Gasteiger partial charge in [0.2, 0.25) is 0 Å². The van der Waals surface area contributed by atoms with Crippen LogP contribution >= 0.6 is 23.2 Å². The summed E-state index contributed by atoms with van der Waals surface area (Å²) < 4.78 is 39.4. The number of nitrogens with zero attached hydrogens (tertiary/aromatic N) is 2. The summed E-state index contributed by atoms with van der Waals surface area (Å²) in [6.45, 7) is 1.66. The standard InChI is InChI=1S/C20H12Cl2F3N3/c1-10-17(11-3-2-4-12(7-11)20(23,24)25)15(9-26)19(27)28-18(10)14-6-5-13(21)8-16(14)22/h2-8H,1H3,(H2,27,28). The van der Waals surface area contributed by atoms with Gasteiger partial charge in [-0.2, -0.15) is 18.4 Å². The zero-order chi connectivity index (χ0) is 20.6. The van der Waals surface area contributed by atoms with Gasteiger partial charge < -0.3 is 5.73 Å². The van der Waals surface area contributed by atoms with Crippen LogP contribution in [-0.2, 0) is 6.18 Å². The lowest BCUT2D eigenvalue weighted by Crippen LogP contribution is -2.06. The van der Waals surface area contributed by atoms with Crippen LogP contribution in [0.2, 0.25) is 10.0 Å². The number of alkyl halides is 3. The Morgan fingerprint density at radius 1 is 1.11 bits per heavy atom. The van der Waals surface area contributed by atoms with Crippen LogP contribution in [0, 0.1) is 18.3 Å². The van der Waals surface area contributed by atoms with E-state index < -0.39 is 11.7 Å². The molecular weight excluding hydrogens is 410 g/mol. The number of rotatable bonds is 2. The Morgan fingerprint density at radius 2 is 1.82 bits per heavy atom. The van der Waals surface area contributed by atoms with E-state index in [0.29, 0.717) is 26.9 Å². The van der Waals surface area contributed by atoms with Crippen molar-refractivity contribution in [2.24, 2.45) is 0 Å². The van der Waals surface area contributed by atoms with E-state index in [1.165, 1.54) is 18.2 Å². The van der Waals surface area contributed by atoms with E-state index in [4.69, 9.17) is 28.9 Å². The first kappa shape index (κ1) is 20.0. The Hall–Kier alpha value is -2.75. The Bertz CT molecular complexity index is 1120. The molecule has 0 spiro atoms. The minimum Gasteiger partial charge on any atom is -0.383 e. The number of halogens is 5. The van der Waals surface area contributed by atoms with E-state index in [-0.39, 0.29) is 22.5 Å². The van der Waals surface area contributed by atoms with E-state index in [1.54, 1.807) is 19.1 Å². The van der Waals surface area contributed by atoms with Crippen LogP contribution in [0.1, 0.15) is 16.7 Å². The van der Waals surface area contributed by atoms with Crippen LogP contribution in [0.25, 0.3) is 22.4 Å². The summed E-state index contributed by atoms with van der Waals surface area (Å²) in [5.41, 5.74) is 6.98. The molecule has 3 rings (SSSR count). The van der Waals surface area contributed by atoms with Crippen LogP contribution in [-0.4, -0.2) is 4.98 Å². The number of benzene rings is 2. The van der Waals surface area contributed by atoms with E-state index in [1.807, 2.05) is 6.07 Å². The third-order valence-electron chi connectivity index (χ3n) is 4.25. The van der Waals surface area contributed by atoms with Gasteiger partial charge in [0, 0.05) is 16.1 Å². The molecule has 1 heterocycles. The lowest BCUT2D eigenvalue weighted by molar-refractivity contribution is -0.137. The van der Waals surface area contributed by atoms with Gasteiger partial charge in [-0.05, 0) is 48.4 Å². The fourth-order valence-corrected chi connectivity index (χ4v) is 3.46. The van der Waals surface area contributed by atoms with Crippen molar-refractivity contribution in [2.45, 2.75) is 13.1 Å². The molecule has 8 heteroatoms. The molecular formula is C20H12Cl2F3N3. The van der Waals surface area contributed by atoms with Gasteiger partial charge in [0.05, 0.1) is 16.3 Å². The second kappa shape index (κ2) is 7.34. The van der Waals surface area contributed by atoms with Crippen LogP contribution in [0.5, 0.6) is 0 Å². The van der Waals surface area contributed by atoms with Gasteiger partial charge in [-0.1, -0.05) is 35.3 Å². The minimum absolute atomic E-state index is 0.00524. The summed E-state index contributed by atoms with van der Waals surface area (Å²) >= 11 is 12.2. The van der Waals surface area contributed by atoms with Gasteiger partial charge in [0.15, 0.2) is 0 Å². The Balaban J connectivity index is 2.33. The molecule has 0 aliphatic heterocycles. The van der Waals surface area contributed by atoms with Crippen molar-refractivity contribution < 1.29 is 13.2 Å². The van der Waals surface area contributed by atoms with E-state index in [0.717, 1.165) is 12.1 Å². The smallest absolute Gasteiger partial charge is 0.383 e. The molecule has 142 valence electrons. The molecule has 0 saturated carbocycles. The predicted octanol–water partition coefficient (Wildman–Crippen LogP) is 6.50. The maximum absolute atomic E-state index is 13.1. The Morgan fingerprint density at radius 3 is 2.43 bits per heavy atom. The van der Waals surface area contributed by atoms with Gasteiger partial charge in [-0.15, -0.1) is 0 Å². The summed E-state index contributed by atoms with van der Waals surface area (Å²) in [6, 6.07) is 11.4. The summed E-state index contributed by atoms with van der Waals surface area (Å²) in [4.78, 5) is 4.27. The third kappa shape index (κ3) is 3.64. The van der Waals surface area contributed by atoms with Crippen molar-refractivity contribution in [3.63, 3.8) is 0 Å². The lowest BCUT2D eigenvalue weighted by atomic mass is 9.92. The summed E-state index contributed by atoms with van der Waals surface area (Å²) in [5.74, 6) is -0.0958. The molecule has 0 aliphatic rings. The summed E-state index contributed by atoms with van der Waals surface area (Å²) in [6.07, 6.45) is -4.52. The van der Waals surface area contributed by atoms with Crippen molar-refractivity contribution in [3.05, 3.63) is 69.2 Å². The molecule has 0 saturated heterocycles. The number of nitriles is 1. The summed E-state index contributed by atoms with van der Waals surface area (Å²) in [5, 5.41) is 10.3. The number of nitrogen functional groups attached to an aromatic ring is 1. The van der Waals surface area contributed by atoms with Crippen LogP contribution in [0.4, 0.5) is 19.0 Å². The second-order valence-corrected chi connectivity index (χ2v) is 6.88. The van der Waals surface area contributed by atoms with E-state index in [2.05, 4.69) is 4.98 Å². The van der Waals surface area contributed by atoms with Crippen molar-refractivity contribution in [2.75, 3.05) is 5.73 Å². The molecule has 0 amide bonds. The number of nitrogens with two attached hydrogens (primary N) is 1. The molecule has 0 fully saturated rings. The minimum atomic E-state index is -4.52. The first-order valence-corrected chi connectivity index (χ1v) is 8.72. The van der Waals surface area contributed by atoms with Gasteiger partial charge in [0.1, 0.15) is 17.5 Å². The lowest BCUT2D eigenvalue weighted by Gasteiger charge is -2.17. The Kier molecular flexibility index (Phi) is 5.24. The molecule has 0 bridgehead atoms. The first-order chi connectivity index (χ1) is 13.1.